The number of rotatable bonds is 6. The van der Waals surface area contributed by atoms with Gasteiger partial charge in [-0.15, -0.1) is 0 Å². The molecule has 2 unspecified atom stereocenters. The minimum atomic E-state index is 0.355. The molecule has 0 aromatic carbocycles. The Bertz CT molecular complexity index is 204. The van der Waals surface area contributed by atoms with Gasteiger partial charge in [-0.3, -0.25) is 4.90 Å². The van der Waals surface area contributed by atoms with Gasteiger partial charge >= 0.3 is 0 Å². The van der Waals surface area contributed by atoms with Crippen LogP contribution in [0, 0.1) is 0 Å². The van der Waals surface area contributed by atoms with Gasteiger partial charge in [-0.25, -0.2) is 0 Å². The molecule has 0 radical (unpaired) electrons. The Morgan fingerprint density at radius 3 is 2.76 bits per heavy atom. The first kappa shape index (κ1) is 13.3. The summed E-state index contributed by atoms with van der Waals surface area (Å²) in [5.41, 5.74) is 0. The van der Waals surface area contributed by atoms with Gasteiger partial charge in [-0.2, -0.15) is 0 Å². The number of unbranched alkanes of at least 4 members (excludes halogenated alkanes) is 2. The third-order valence-electron chi connectivity index (χ3n) is 4.33. The predicted octanol–water partition coefficient (Wildman–Crippen LogP) is 1.76. The molecule has 3 heteroatoms. The molecular weight excluding hydrogens is 212 g/mol. The molecule has 3 nitrogen and oxygen atoms in total. The van der Waals surface area contributed by atoms with Gasteiger partial charge < -0.3 is 10.4 Å². The van der Waals surface area contributed by atoms with Crippen LogP contribution in [0.1, 0.15) is 51.4 Å². The maximum atomic E-state index is 8.80. The van der Waals surface area contributed by atoms with Gasteiger partial charge in [0.05, 0.1) is 0 Å². The minimum absolute atomic E-state index is 0.355. The molecule has 0 aliphatic carbocycles. The first-order valence-corrected chi connectivity index (χ1v) is 7.50. The number of piperidine rings is 1. The molecule has 0 bridgehead atoms. The third kappa shape index (κ3) is 3.94. The smallest absolute Gasteiger partial charge is 0.0431 e. The van der Waals surface area contributed by atoms with Crippen LogP contribution in [0.5, 0.6) is 0 Å². The Kier molecular flexibility index (Phi) is 5.75. The topological polar surface area (TPSA) is 35.5 Å². The Morgan fingerprint density at radius 2 is 2.00 bits per heavy atom. The Morgan fingerprint density at radius 1 is 1.06 bits per heavy atom. The minimum Gasteiger partial charge on any atom is -0.396 e. The standard InChI is InChI=1S/C14H28N2O/c17-12-5-1-3-10-16-11-4-2-8-14(16)13-7-6-9-15-13/h13-15,17H,1-12H2. The van der Waals surface area contributed by atoms with Crippen molar-refractivity contribution in [1.29, 1.82) is 0 Å². The van der Waals surface area contributed by atoms with Crippen LogP contribution in [-0.4, -0.2) is 48.3 Å². The van der Waals surface area contributed by atoms with Gasteiger partial charge in [0, 0.05) is 18.7 Å². The maximum Gasteiger partial charge on any atom is 0.0431 e. The van der Waals surface area contributed by atoms with Crippen LogP contribution in [0.4, 0.5) is 0 Å². The van der Waals surface area contributed by atoms with Crippen molar-refractivity contribution in [2.45, 2.75) is 63.5 Å². The second kappa shape index (κ2) is 7.34. The second-order valence-corrected chi connectivity index (χ2v) is 5.59. The van der Waals surface area contributed by atoms with E-state index in [4.69, 9.17) is 5.11 Å². The summed E-state index contributed by atoms with van der Waals surface area (Å²) in [6.07, 6.45) is 10.3. The van der Waals surface area contributed by atoms with E-state index in [0.717, 1.165) is 18.5 Å². The molecule has 2 heterocycles. The number of aliphatic hydroxyl groups is 1. The monoisotopic (exact) mass is 240 g/mol. The first-order valence-electron chi connectivity index (χ1n) is 7.50. The van der Waals surface area contributed by atoms with E-state index in [1.165, 1.54) is 64.6 Å². The summed E-state index contributed by atoms with van der Waals surface area (Å²) < 4.78 is 0. The number of hydrogen-bond acceptors (Lipinski definition) is 3. The van der Waals surface area contributed by atoms with Crippen LogP contribution in [0.25, 0.3) is 0 Å². The molecule has 2 aliphatic heterocycles. The zero-order valence-electron chi connectivity index (χ0n) is 11.0. The fourth-order valence-electron chi connectivity index (χ4n) is 3.39. The summed E-state index contributed by atoms with van der Waals surface area (Å²) in [4.78, 5) is 2.71. The Labute approximate surface area is 106 Å². The van der Waals surface area contributed by atoms with Crippen molar-refractivity contribution in [3.05, 3.63) is 0 Å². The average molecular weight is 240 g/mol. The van der Waals surface area contributed by atoms with Crippen molar-refractivity contribution in [3.8, 4) is 0 Å². The number of nitrogens with zero attached hydrogens (tertiary/aromatic N) is 1. The predicted molar refractivity (Wildman–Crippen MR) is 71.2 cm³/mol. The summed E-state index contributed by atoms with van der Waals surface area (Å²) in [6.45, 7) is 4.11. The highest BCUT2D eigenvalue weighted by Gasteiger charge is 2.30. The van der Waals surface area contributed by atoms with Crippen LogP contribution in [0.2, 0.25) is 0 Å². The van der Waals surface area contributed by atoms with Crippen molar-refractivity contribution in [2.75, 3.05) is 26.2 Å². The van der Waals surface area contributed by atoms with E-state index in [-0.39, 0.29) is 0 Å². The summed E-state index contributed by atoms with van der Waals surface area (Å²) in [5.74, 6) is 0. The largest absolute Gasteiger partial charge is 0.396 e. The Hall–Kier alpha value is -0.120. The normalized spacial score (nSPS) is 30.9. The van der Waals surface area contributed by atoms with E-state index >= 15 is 0 Å². The molecular formula is C14H28N2O. The highest BCUT2D eigenvalue weighted by atomic mass is 16.2. The van der Waals surface area contributed by atoms with Gasteiger partial charge in [0.15, 0.2) is 0 Å². The summed E-state index contributed by atoms with van der Waals surface area (Å²) in [7, 11) is 0. The molecule has 0 aromatic heterocycles. The van der Waals surface area contributed by atoms with E-state index in [9.17, 15) is 0 Å². The van der Waals surface area contributed by atoms with Crippen molar-refractivity contribution in [1.82, 2.24) is 10.2 Å². The summed E-state index contributed by atoms with van der Waals surface area (Å²) in [6, 6.07) is 1.55. The van der Waals surface area contributed by atoms with Crippen molar-refractivity contribution >= 4 is 0 Å². The van der Waals surface area contributed by atoms with Crippen LogP contribution in [0.3, 0.4) is 0 Å². The lowest BCUT2D eigenvalue weighted by molar-refractivity contribution is 0.117. The van der Waals surface area contributed by atoms with Crippen LogP contribution in [0.15, 0.2) is 0 Å². The van der Waals surface area contributed by atoms with Gasteiger partial charge in [0.2, 0.25) is 0 Å². The van der Waals surface area contributed by atoms with E-state index in [2.05, 4.69) is 10.2 Å². The van der Waals surface area contributed by atoms with Gasteiger partial charge in [0.1, 0.15) is 0 Å². The third-order valence-corrected chi connectivity index (χ3v) is 4.33. The lowest BCUT2D eigenvalue weighted by atomic mass is 9.94. The molecule has 0 aromatic rings. The molecule has 2 rings (SSSR count). The first-order chi connectivity index (χ1) is 8.42. The second-order valence-electron chi connectivity index (χ2n) is 5.59. The zero-order valence-corrected chi connectivity index (χ0v) is 11.0. The molecule has 0 amide bonds. The van der Waals surface area contributed by atoms with Gasteiger partial charge in [0.25, 0.3) is 0 Å². The number of hydrogen-bond donors (Lipinski definition) is 2. The number of likely N-dealkylation sites (tertiary alicyclic amines) is 1. The van der Waals surface area contributed by atoms with Crippen molar-refractivity contribution < 1.29 is 5.11 Å². The molecule has 100 valence electrons. The molecule has 2 saturated heterocycles. The van der Waals surface area contributed by atoms with Gasteiger partial charge in [-0.05, 0) is 64.6 Å². The fraction of sp³-hybridized carbons (Fsp3) is 1.00. The fourth-order valence-corrected chi connectivity index (χ4v) is 3.39. The van der Waals surface area contributed by atoms with Crippen LogP contribution >= 0.6 is 0 Å². The highest BCUT2D eigenvalue weighted by Crippen LogP contribution is 2.24. The molecule has 0 spiro atoms. The van der Waals surface area contributed by atoms with Gasteiger partial charge in [-0.1, -0.05) is 6.42 Å². The van der Waals surface area contributed by atoms with Crippen molar-refractivity contribution in [2.24, 2.45) is 0 Å². The number of aliphatic hydroxyl groups excluding tert-OH is 1. The molecule has 2 atom stereocenters. The van der Waals surface area contributed by atoms with E-state index in [0.29, 0.717) is 6.61 Å². The molecule has 2 fully saturated rings. The van der Waals surface area contributed by atoms with E-state index in [1.54, 1.807) is 0 Å². The zero-order chi connectivity index (χ0) is 11.9. The molecule has 17 heavy (non-hydrogen) atoms. The average Bonchev–Trinajstić information content (AvgIpc) is 2.89. The lowest BCUT2D eigenvalue weighted by Gasteiger charge is -2.39. The molecule has 2 N–H and O–H groups in total. The molecule has 2 aliphatic rings. The maximum absolute atomic E-state index is 8.80. The highest BCUT2D eigenvalue weighted by molar-refractivity contribution is 4.90. The van der Waals surface area contributed by atoms with E-state index < -0.39 is 0 Å². The molecule has 0 saturated carbocycles. The number of nitrogens with one attached hydrogen (secondary N) is 1. The summed E-state index contributed by atoms with van der Waals surface area (Å²) >= 11 is 0. The van der Waals surface area contributed by atoms with E-state index in [1.807, 2.05) is 0 Å². The Balaban J connectivity index is 1.75. The summed E-state index contributed by atoms with van der Waals surface area (Å²) in [5, 5.41) is 12.5. The van der Waals surface area contributed by atoms with Crippen LogP contribution in [-0.2, 0) is 0 Å². The SMILES string of the molecule is OCCCCCN1CCCCC1C1CCCN1. The lowest BCUT2D eigenvalue weighted by Crippen LogP contribution is -2.50. The van der Waals surface area contributed by atoms with Crippen molar-refractivity contribution in [3.63, 3.8) is 0 Å². The quantitative estimate of drug-likeness (QED) is 0.694. The van der Waals surface area contributed by atoms with Crippen LogP contribution < -0.4 is 5.32 Å².